The summed E-state index contributed by atoms with van der Waals surface area (Å²) in [5.74, 6) is -0.802. The number of ether oxygens (including phenoxy) is 1. The highest BCUT2D eigenvalue weighted by Crippen LogP contribution is 2.27. The van der Waals surface area contributed by atoms with Crippen molar-refractivity contribution in [3.05, 3.63) is 81.2 Å². The van der Waals surface area contributed by atoms with Crippen molar-refractivity contribution < 1.29 is 19.4 Å². The van der Waals surface area contributed by atoms with Crippen LogP contribution in [-0.2, 0) is 16.6 Å². The summed E-state index contributed by atoms with van der Waals surface area (Å²) in [5.41, 5.74) is 2.07. The van der Waals surface area contributed by atoms with Gasteiger partial charge < -0.3 is 25.0 Å². The molecule has 2 aromatic carbocycles. The third kappa shape index (κ3) is 5.96. The molecular formula is C25H26ClN3O5. The van der Waals surface area contributed by atoms with Crippen LogP contribution in [0.1, 0.15) is 30.5 Å². The average molecular weight is 484 g/mol. The molecule has 1 unspecified atom stereocenters. The lowest BCUT2D eigenvalue weighted by atomic mass is 9.98. The Kier molecular flexibility index (Phi) is 7.96. The first-order chi connectivity index (χ1) is 16.2. The fraction of sp³-hybridized carbons (Fsp3) is 0.240. The Bertz CT molecular complexity index is 1250. The second-order valence-corrected chi connectivity index (χ2v) is 8.18. The molecule has 3 rings (SSSR count). The quantitative estimate of drug-likeness (QED) is 0.427. The van der Waals surface area contributed by atoms with Gasteiger partial charge in [-0.2, -0.15) is 0 Å². The van der Waals surface area contributed by atoms with Crippen LogP contribution in [0, 0.1) is 6.92 Å². The highest BCUT2D eigenvalue weighted by molar-refractivity contribution is 6.30. The van der Waals surface area contributed by atoms with Crippen molar-refractivity contribution in [2.45, 2.75) is 26.3 Å². The van der Waals surface area contributed by atoms with Crippen molar-refractivity contribution in [3.63, 3.8) is 0 Å². The molecule has 9 heteroatoms. The van der Waals surface area contributed by atoms with E-state index in [0.29, 0.717) is 16.1 Å². The van der Waals surface area contributed by atoms with Gasteiger partial charge >= 0.3 is 12.0 Å². The third-order valence-electron chi connectivity index (χ3n) is 5.22. The number of hydrogen-bond acceptors (Lipinski definition) is 5. The number of aryl methyl sites for hydroxylation is 2. The molecule has 1 atom stereocenters. The molecule has 3 N–H and O–H groups in total. The number of benzene rings is 2. The topological polar surface area (TPSA) is 110 Å². The summed E-state index contributed by atoms with van der Waals surface area (Å²) in [4.78, 5) is 37.5. The van der Waals surface area contributed by atoms with Gasteiger partial charge in [0.1, 0.15) is 5.75 Å². The minimum Gasteiger partial charge on any atom is -0.505 e. The highest BCUT2D eigenvalue weighted by Gasteiger charge is 2.22. The van der Waals surface area contributed by atoms with E-state index < -0.39 is 23.6 Å². The molecule has 0 aliphatic carbocycles. The van der Waals surface area contributed by atoms with Crippen molar-refractivity contribution in [1.82, 2.24) is 9.88 Å². The first-order valence-corrected chi connectivity index (χ1v) is 11.1. The zero-order chi connectivity index (χ0) is 24.8. The molecule has 0 saturated heterocycles. The first kappa shape index (κ1) is 24.9. The fourth-order valence-corrected chi connectivity index (χ4v) is 3.65. The SMILES string of the molecule is CCOC(=O)CC(NC(=O)Nc1c(O)c(C)cn(C)c1=O)c1cccc(-c2ccc(Cl)cc2)c1. The van der Waals surface area contributed by atoms with Gasteiger partial charge in [0.2, 0.25) is 0 Å². The Morgan fingerprint density at radius 1 is 1.15 bits per heavy atom. The predicted molar refractivity (Wildman–Crippen MR) is 131 cm³/mol. The standard InChI is InChI=1S/C25H26ClN3O5/c1-4-34-21(30)13-20(18-7-5-6-17(12-18)16-8-10-19(26)11-9-16)27-25(33)28-22-23(31)15(2)14-29(3)24(22)32/h5-12,14,20,31H,4,13H2,1-3H3,(H2,27,28,33). The van der Waals surface area contributed by atoms with Crippen LogP contribution < -0.4 is 16.2 Å². The summed E-state index contributed by atoms with van der Waals surface area (Å²) in [6, 6.07) is 13.2. The maximum absolute atomic E-state index is 12.8. The summed E-state index contributed by atoms with van der Waals surface area (Å²) in [6.45, 7) is 3.52. The maximum Gasteiger partial charge on any atom is 0.319 e. The monoisotopic (exact) mass is 483 g/mol. The van der Waals surface area contributed by atoms with Crippen LogP contribution in [0.15, 0.2) is 59.5 Å². The molecule has 0 spiro atoms. The molecule has 1 heterocycles. The zero-order valence-electron chi connectivity index (χ0n) is 19.1. The largest absolute Gasteiger partial charge is 0.505 e. The van der Waals surface area contributed by atoms with Gasteiger partial charge in [-0.25, -0.2) is 4.79 Å². The van der Waals surface area contributed by atoms with Crippen LogP contribution in [0.25, 0.3) is 11.1 Å². The molecule has 34 heavy (non-hydrogen) atoms. The number of pyridine rings is 1. The second kappa shape index (κ2) is 10.9. The Morgan fingerprint density at radius 2 is 1.85 bits per heavy atom. The number of nitrogens with zero attached hydrogens (tertiary/aromatic N) is 1. The van der Waals surface area contributed by atoms with Crippen molar-refractivity contribution in [2.75, 3.05) is 11.9 Å². The number of carbonyl (C=O) groups excluding carboxylic acids is 2. The van der Waals surface area contributed by atoms with Crippen LogP contribution in [0.4, 0.5) is 10.5 Å². The van der Waals surface area contributed by atoms with E-state index in [1.807, 2.05) is 30.3 Å². The van der Waals surface area contributed by atoms with Crippen molar-refractivity contribution in [2.24, 2.45) is 7.05 Å². The van der Waals surface area contributed by atoms with Crippen LogP contribution >= 0.6 is 11.6 Å². The summed E-state index contributed by atoms with van der Waals surface area (Å²) >= 11 is 5.99. The highest BCUT2D eigenvalue weighted by atomic mass is 35.5. The Morgan fingerprint density at radius 3 is 2.53 bits per heavy atom. The van der Waals surface area contributed by atoms with Crippen LogP contribution in [0.3, 0.4) is 0 Å². The Labute approximate surface area is 202 Å². The summed E-state index contributed by atoms with van der Waals surface area (Å²) in [6.07, 6.45) is 1.34. The van der Waals surface area contributed by atoms with Crippen molar-refractivity contribution in [3.8, 4) is 16.9 Å². The van der Waals surface area contributed by atoms with E-state index in [9.17, 15) is 19.5 Å². The van der Waals surface area contributed by atoms with Gasteiger partial charge in [0.25, 0.3) is 5.56 Å². The molecule has 2 amide bonds. The van der Waals surface area contributed by atoms with Gasteiger partial charge in [-0.15, -0.1) is 0 Å². The number of nitrogens with one attached hydrogen (secondary N) is 2. The summed E-state index contributed by atoms with van der Waals surface area (Å²) < 4.78 is 6.33. The smallest absolute Gasteiger partial charge is 0.319 e. The minimum atomic E-state index is -0.748. The van der Waals surface area contributed by atoms with E-state index in [1.165, 1.54) is 17.8 Å². The molecule has 178 valence electrons. The van der Waals surface area contributed by atoms with Gasteiger partial charge in [-0.3, -0.25) is 9.59 Å². The number of urea groups is 1. The van der Waals surface area contributed by atoms with Crippen LogP contribution in [0.5, 0.6) is 5.75 Å². The van der Waals surface area contributed by atoms with E-state index in [-0.39, 0.29) is 24.5 Å². The molecule has 0 bridgehead atoms. The molecular weight excluding hydrogens is 458 g/mol. The molecule has 0 radical (unpaired) electrons. The van der Waals surface area contributed by atoms with Crippen molar-refractivity contribution in [1.29, 1.82) is 0 Å². The number of rotatable bonds is 7. The maximum atomic E-state index is 12.8. The molecule has 8 nitrogen and oxygen atoms in total. The second-order valence-electron chi connectivity index (χ2n) is 7.74. The van der Waals surface area contributed by atoms with Gasteiger partial charge in [0.15, 0.2) is 5.69 Å². The number of halogens is 1. The molecule has 0 saturated carbocycles. The average Bonchev–Trinajstić information content (AvgIpc) is 2.81. The Balaban J connectivity index is 1.89. The molecule has 1 aromatic heterocycles. The number of aromatic hydroxyl groups is 1. The van der Waals surface area contributed by atoms with E-state index >= 15 is 0 Å². The van der Waals surface area contributed by atoms with Crippen LogP contribution in [-0.4, -0.2) is 28.3 Å². The van der Waals surface area contributed by atoms with Crippen molar-refractivity contribution >= 4 is 29.3 Å². The van der Waals surface area contributed by atoms with Gasteiger partial charge in [0, 0.05) is 23.8 Å². The number of aromatic nitrogens is 1. The number of esters is 1. The van der Waals surface area contributed by atoms with Gasteiger partial charge in [-0.1, -0.05) is 41.9 Å². The number of carbonyl (C=O) groups is 2. The normalized spacial score (nSPS) is 11.5. The lowest BCUT2D eigenvalue weighted by Gasteiger charge is -2.20. The molecule has 0 fully saturated rings. The van der Waals surface area contributed by atoms with E-state index in [2.05, 4.69) is 10.6 Å². The van der Waals surface area contributed by atoms with Crippen LogP contribution in [0.2, 0.25) is 5.02 Å². The van der Waals surface area contributed by atoms with E-state index in [0.717, 1.165) is 11.1 Å². The summed E-state index contributed by atoms with van der Waals surface area (Å²) in [5, 5.41) is 16.0. The lowest BCUT2D eigenvalue weighted by Crippen LogP contribution is -2.36. The molecule has 0 aliphatic heterocycles. The fourth-order valence-electron chi connectivity index (χ4n) is 3.52. The number of anilines is 1. The lowest BCUT2D eigenvalue weighted by molar-refractivity contribution is -0.143. The van der Waals surface area contributed by atoms with Gasteiger partial charge in [0.05, 0.1) is 19.1 Å². The Hall–Kier alpha value is -3.78. The number of hydrogen-bond donors (Lipinski definition) is 3. The predicted octanol–water partition coefficient (Wildman–Crippen LogP) is 4.54. The van der Waals surface area contributed by atoms with Gasteiger partial charge in [-0.05, 0) is 48.7 Å². The number of amides is 2. The van der Waals surface area contributed by atoms with E-state index in [1.54, 1.807) is 32.0 Å². The molecule has 0 aliphatic rings. The first-order valence-electron chi connectivity index (χ1n) is 10.7. The minimum absolute atomic E-state index is 0.122. The zero-order valence-corrected chi connectivity index (χ0v) is 19.8. The summed E-state index contributed by atoms with van der Waals surface area (Å²) in [7, 11) is 1.52. The molecule has 3 aromatic rings. The third-order valence-corrected chi connectivity index (χ3v) is 5.47. The van der Waals surface area contributed by atoms with E-state index in [4.69, 9.17) is 16.3 Å².